The van der Waals surface area contributed by atoms with E-state index in [2.05, 4.69) is 20.0 Å². The van der Waals surface area contributed by atoms with Gasteiger partial charge in [-0.05, 0) is 5.56 Å². The largest absolute Gasteiger partial charge is 0.424 e. The molecule has 1 aliphatic heterocycles. The van der Waals surface area contributed by atoms with Crippen LogP contribution in [0.15, 0.2) is 34.7 Å². The Balaban J connectivity index is 1.45. The minimum absolute atomic E-state index is 0.425. The van der Waals surface area contributed by atoms with E-state index in [1.807, 2.05) is 30.3 Å². The van der Waals surface area contributed by atoms with Crippen LogP contribution in [0.5, 0.6) is 0 Å². The van der Waals surface area contributed by atoms with Crippen LogP contribution in [0, 0.1) is 6.92 Å². The number of aromatic nitrogens is 2. The third-order valence-electron chi connectivity index (χ3n) is 4.01. The first-order chi connectivity index (χ1) is 10.7. The smallest absolute Gasteiger partial charge is 0.230 e. The number of aliphatic hydroxyl groups excluding tert-OH is 1. The first-order valence-electron chi connectivity index (χ1n) is 7.67. The molecule has 1 atom stereocenters. The van der Waals surface area contributed by atoms with Crippen LogP contribution in [0.4, 0.5) is 0 Å². The van der Waals surface area contributed by atoms with Gasteiger partial charge in [-0.1, -0.05) is 30.3 Å². The van der Waals surface area contributed by atoms with Crippen molar-refractivity contribution in [2.75, 3.05) is 32.7 Å². The van der Waals surface area contributed by atoms with Crippen molar-refractivity contribution in [2.24, 2.45) is 0 Å². The van der Waals surface area contributed by atoms with Crippen LogP contribution in [0.3, 0.4) is 0 Å². The van der Waals surface area contributed by atoms with E-state index in [0.29, 0.717) is 24.9 Å². The van der Waals surface area contributed by atoms with E-state index in [0.717, 1.165) is 31.7 Å². The molecule has 1 aromatic carbocycles. The first-order valence-corrected chi connectivity index (χ1v) is 7.67. The standard InChI is InChI=1S/C16H22N4O2/c1-13-17-18-16(22-13)12-20-9-7-19(8-10-20)11-15(21)14-5-3-2-4-6-14/h2-6,15,21H,7-12H2,1H3/t15-/m0/s1. The summed E-state index contributed by atoms with van der Waals surface area (Å²) in [5, 5.41) is 18.2. The van der Waals surface area contributed by atoms with E-state index in [1.54, 1.807) is 6.92 Å². The Hall–Kier alpha value is -1.76. The maximum atomic E-state index is 10.3. The second kappa shape index (κ2) is 7.00. The van der Waals surface area contributed by atoms with Gasteiger partial charge in [-0.3, -0.25) is 9.80 Å². The maximum absolute atomic E-state index is 10.3. The zero-order valence-electron chi connectivity index (χ0n) is 12.9. The first kappa shape index (κ1) is 15.1. The number of hydrogen-bond donors (Lipinski definition) is 1. The molecule has 0 aliphatic carbocycles. The van der Waals surface area contributed by atoms with Crippen molar-refractivity contribution in [3.8, 4) is 0 Å². The lowest BCUT2D eigenvalue weighted by Gasteiger charge is -2.34. The van der Waals surface area contributed by atoms with Gasteiger partial charge in [0.25, 0.3) is 0 Å². The lowest BCUT2D eigenvalue weighted by Crippen LogP contribution is -2.47. The molecule has 118 valence electrons. The van der Waals surface area contributed by atoms with Crippen LogP contribution in [0.2, 0.25) is 0 Å². The Morgan fingerprint density at radius 3 is 2.41 bits per heavy atom. The molecule has 0 radical (unpaired) electrons. The van der Waals surface area contributed by atoms with Crippen LogP contribution < -0.4 is 0 Å². The van der Waals surface area contributed by atoms with Crippen molar-refractivity contribution in [3.05, 3.63) is 47.7 Å². The zero-order chi connectivity index (χ0) is 15.4. The quantitative estimate of drug-likeness (QED) is 0.896. The number of hydrogen-bond acceptors (Lipinski definition) is 6. The van der Waals surface area contributed by atoms with Crippen molar-refractivity contribution >= 4 is 0 Å². The summed E-state index contributed by atoms with van der Waals surface area (Å²) < 4.78 is 5.42. The van der Waals surface area contributed by atoms with Gasteiger partial charge in [0.15, 0.2) is 0 Å². The third kappa shape index (κ3) is 3.91. The molecule has 22 heavy (non-hydrogen) atoms. The number of aryl methyl sites for hydroxylation is 1. The van der Waals surface area contributed by atoms with E-state index in [1.165, 1.54) is 0 Å². The summed E-state index contributed by atoms with van der Waals surface area (Å²) in [6.07, 6.45) is -0.425. The Morgan fingerprint density at radius 1 is 1.09 bits per heavy atom. The van der Waals surface area contributed by atoms with Crippen molar-refractivity contribution in [1.82, 2.24) is 20.0 Å². The highest BCUT2D eigenvalue weighted by molar-refractivity contribution is 5.17. The number of aliphatic hydroxyl groups is 1. The van der Waals surface area contributed by atoms with Gasteiger partial charge < -0.3 is 9.52 Å². The van der Waals surface area contributed by atoms with Gasteiger partial charge in [0.05, 0.1) is 12.6 Å². The van der Waals surface area contributed by atoms with E-state index in [-0.39, 0.29) is 0 Å². The Morgan fingerprint density at radius 2 is 1.77 bits per heavy atom. The fraction of sp³-hybridized carbons (Fsp3) is 0.500. The average Bonchev–Trinajstić information content (AvgIpc) is 2.95. The van der Waals surface area contributed by atoms with E-state index >= 15 is 0 Å². The normalized spacial score (nSPS) is 18.5. The highest BCUT2D eigenvalue weighted by Crippen LogP contribution is 2.15. The van der Waals surface area contributed by atoms with Crippen LogP contribution >= 0.6 is 0 Å². The van der Waals surface area contributed by atoms with Crippen LogP contribution in [0.1, 0.15) is 23.4 Å². The van der Waals surface area contributed by atoms with E-state index in [4.69, 9.17) is 4.42 Å². The molecule has 0 bridgehead atoms. The molecule has 2 heterocycles. The lowest BCUT2D eigenvalue weighted by atomic mass is 10.1. The van der Waals surface area contributed by atoms with Gasteiger partial charge >= 0.3 is 0 Å². The molecule has 1 N–H and O–H groups in total. The SMILES string of the molecule is Cc1nnc(CN2CCN(C[C@H](O)c3ccccc3)CC2)o1. The fourth-order valence-corrected chi connectivity index (χ4v) is 2.75. The summed E-state index contributed by atoms with van der Waals surface area (Å²) in [5.41, 5.74) is 0.978. The van der Waals surface area contributed by atoms with Gasteiger partial charge in [0.2, 0.25) is 11.8 Å². The third-order valence-corrected chi connectivity index (χ3v) is 4.01. The van der Waals surface area contributed by atoms with E-state index < -0.39 is 6.10 Å². The minimum Gasteiger partial charge on any atom is -0.424 e. The predicted molar refractivity (Wildman–Crippen MR) is 82.2 cm³/mol. The fourth-order valence-electron chi connectivity index (χ4n) is 2.75. The van der Waals surface area contributed by atoms with Gasteiger partial charge in [-0.2, -0.15) is 0 Å². The molecular formula is C16H22N4O2. The second-order valence-electron chi connectivity index (χ2n) is 5.72. The molecule has 0 unspecified atom stereocenters. The van der Waals surface area contributed by atoms with Crippen LogP contribution in [0.25, 0.3) is 0 Å². The molecule has 1 aliphatic rings. The molecule has 1 saturated heterocycles. The summed E-state index contributed by atoms with van der Waals surface area (Å²) >= 11 is 0. The van der Waals surface area contributed by atoms with Crippen molar-refractivity contribution in [1.29, 1.82) is 0 Å². The number of nitrogens with zero attached hydrogens (tertiary/aromatic N) is 4. The zero-order valence-corrected chi connectivity index (χ0v) is 12.9. The number of rotatable bonds is 5. The van der Waals surface area contributed by atoms with Crippen LogP contribution in [-0.4, -0.2) is 57.8 Å². The number of piperazine rings is 1. The van der Waals surface area contributed by atoms with Crippen LogP contribution in [-0.2, 0) is 6.54 Å². The highest BCUT2D eigenvalue weighted by Gasteiger charge is 2.21. The molecule has 3 rings (SSSR count). The second-order valence-corrected chi connectivity index (χ2v) is 5.72. The minimum atomic E-state index is -0.425. The van der Waals surface area contributed by atoms with Gasteiger partial charge in [0, 0.05) is 39.6 Å². The van der Waals surface area contributed by atoms with Crippen molar-refractivity contribution in [2.45, 2.75) is 19.6 Å². The Kier molecular flexibility index (Phi) is 4.82. The monoisotopic (exact) mass is 302 g/mol. The molecule has 0 amide bonds. The molecule has 2 aromatic rings. The topological polar surface area (TPSA) is 65.6 Å². The summed E-state index contributed by atoms with van der Waals surface area (Å²) in [4.78, 5) is 4.60. The van der Waals surface area contributed by atoms with Gasteiger partial charge in [-0.25, -0.2) is 0 Å². The van der Waals surface area contributed by atoms with Gasteiger partial charge in [0.1, 0.15) is 0 Å². The molecule has 6 nitrogen and oxygen atoms in total. The summed E-state index contributed by atoms with van der Waals surface area (Å²) in [6, 6.07) is 9.83. The van der Waals surface area contributed by atoms with E-state index in [9.17, 15) is 5.11 Å². The van der Waals surface area contributed by atoms with Gasteiger partial charge in [-0.15, -0.1) is 10.2 Å². The number of β-amino-alcohol motifs (C(OH)–C–C–N with tert-alkyl or cyclic N) is 1. The molecule has 0 saturated carbocycles. The highest BCUT2D eigenvalue weighted by atomic mass is 16.4. The lowest BCUT2D eigenvalue weighted by molar-refractivity contribution is 0.0670. The Bertz CT molecular complexity index is 579. The maximum Gasteiger partial charge on any atom is 0.230 e. The number of benzene rings is 1. The summed E-state index contributed by atoms with van der Waals surface area (Å²) in [7, 11) is 0. The molecule has 6 heteroatoms. The summed E-state index contributed by atoms with van der Waals surface area (Å²) in [6.45, 7) is 6.97. The molecular weight excluding hydrogens is 280 g/mol. The molecule has 1 fully saturated rings. The van der Waals surface area contributed by atoms with Crippen molar-refractivity contribution < 1.29 is 9.52 Å². The summed E-state index contributed by atoms with van der Waals surface area (Å²) in [5.74, 6) is 1.29. The average molecular weight is 302 g/mol. The molecule has 1 aromatic heterocycles. The van der Waals surface area contributed by atoms with Crippen molar-refractivity contribution in [3.63, 3.8) is 0 Å². The predicted octanol–water partition coefficient (Wildman–Crippen LogP) is 1.23. The molecule has 0 spiro atoms. The Labute approximate surface area is 130 Å².